The van der Waals surface area contributed by atoms with E-state index in [0.717, 1.165) is 0 Å². The van der Waals surface area contributed by atoms with Crippen LogP contribution in [0.15, 0.2) is 23.2 Å². The Morgan fingerprint density at radius 3 is 2.60 bits per heavy atom. The van der Waals surface area contributed by atoms with E-state index >= 15 is 0 Å². The topological polar surface area (TPSA) is 50.4 Å². The molecule has 3 N–H and O–H groups in total. The van der Waals surface area contributed by atoms with E-state index in [1.54, 1.807) is 18.2 Å². The fraction of sp³-hybridized carbons (Fsp3) is 0.300. The number of benzene rings is 1. The quantitative estimate of drug-likeness (QED) is 0.622. The molecule has 1 rings (SSSR count). The summed E-state index contributed by atoms with van der Waals surface area (Å²) >= 11 is 11.7. The Labute approximate surface area is 99.3 Å². The summed E-state index contributed by atoms with van der Waals surface area (Å²) in [5.74, 6) is 0.342. The summed E-state index contributed by atoms with van der Waals surface area (Å²) in [6, 6.07) is 5.28. The van der Waals surface area contributed by atoms with E-state index in [1.807, 2.05) is 13.8 Å². The van der Waals surface area contributed by atoms with Gasteiger partial charge in [-0.05, 0) is 32.0 Å². The van der Waals surface area contributed by atoms with E-state index < -0.39 is 0 Å². The van der Waals surface area contributed by atoms with Gasteiger partial charge in [0.1, 0.15) is 0 Å². The molecule has 15 heavy (non-hydrogen) atoms. The first-order chi connectivity index (χ1) is 6.99. The molecule has 0 fully saturated rings. The molecule has 3 nitrogen and oxygen atoms in total. The molecule has 0 aliphatic carbocycles. The molecule has 0 heterocycles. The standard InChI is InChI=1S/C10H13Cl2N3/c1-6(2)14-10(13)15-9-4-3-7(11)5-8(9)12/h3-6H,1-2H3,(H3,13,14,15). The number of hydrogen-bond acceptors (Lipinski definition) is 1. The average Bonchev–Trinajstić information content (AvgIpc) is 2.08. The van der Waals surface area contributed by atoms with Crippen molar-refractivity contribution >= 4 is 34.8 Å². The van der Waals surface area contributed by atoms with Gasteiger partial charge in [-0.1, -0.05) is 23.2 Å². The molecule has 0 aliphatic heterocycles. The molecule has 0 amide bonds. The largest absolute Gasteiger partial charge is 0.370 e. The molecule has 5 heteroatoms. The highest BCUT2D eigenvalue weighted by atomic mass is 35.5. The molecule has 0 aliphatic rings. The van der Waals surface area contributed by atoms with Crippen LogP contribution in [0.5, 0.6) is 0 Å². The van der Waals surface area contributed by atoms with Gasteiger partial charge in [-0.25, -0.2) is 0 Å². The highest BCUT2D eigenvalue weighted by Crippen LogP contribution is 2.24. The number of nitrogens with zero attached hydrogens (tertiary/aromatic N) is 1. The molecular weight excluding hydrogens is 233 g/mol. The van der Waals surface area contributed by atoms with Crippen molar-refractivity contribution in [3.63, 3.8) is 0 Å². The number of anilines is 1. The Bertz CT molecular complexity index is 375. The first kappa shape index (κ1) is 12.1. The predicted octanol–water partition coefficient (Wildman–Crippen LogP) is 3.13. The van der Waals surface area contributed by atoms with Crippen molar-refractivity contribution in [3.8, 4) is 0 Å². The number of hydrogen-bond donors (Lipinski definition) is 2. The highest BCUT2D eigenvalue weighted by Gasteiger charge is 2.02. The SMILES string of the molecule is CC(C)N=C(N)Nc1ccc(Cl)cc1Cl. The number of aliphatic imine (C=N–C) groups is 1. The van der Waals surface area contributed by atoms with Crippen molar-refractivity contribution in [2.45, 2.75) is 19.9 Å². The number of nitrogens with two attached hydrogens (primary N) is 1. The van der Waals surface area contributed by atoms with E-state index in [0.29, 0.717) is 21.7 Å². The van der Waals surface area contributed by atoms with Crippen LogP contribution in [0.1, 0.15) is 13.8 Å². The lowest BCUT2D eigenvalue weighted by molar-refractivity contribution is 0.833. The van der Waals surface area contributed by atoms with Gasteiger partial charge in [0, 0.05) is 11.1 Å². The van der Waals surface area contributed by atoms with E-state index in [1.165, 1.54) is 0 Å². The van der Waals surface area contributed by atoms with E-state index in [9.17, 15) is 0 Å². The Hall–Kier alpha value is -0.930. The molecule has 0 radical (unpaired) electrons. The van der Waals surface area contributed by atoms with Crippen LogP contribution >= 0.6 is 23.2 Å². The Kier molecular flexibility index (Phi) is 4.24. The van der Waals surface area contributed by atoms with Crippen LogP contribution in [0.3, 0.4) is 0 Å². The van der Waals surface area contributed by atoms with Crippen LogP contribution in [0.2, 0.25) is 10.0 Å². The maximum atomic E-state index is 5.95. The summed E-state index contributed by atoms with van der Waals surface area (Å²) in [5.41, 5.74) is 6.36. The fourth-order valence-corrected chi connectivity index (χ4v) is 1.50. The molecule has 0 saturated carbocycles. The zero-order valence-electron chi connectivity index (χ0n) is 8.59. The van der Waals surface area contributed by atoms with Crippen LogP contribution in [0, 0.1) is 0 Å². The molecule has 0 atom stereocenters. The van der Waals surface area contributed by atoms with Crippen LogP contribution in [0.25, 0.3) is 0 Å². The number of nitrogens with one attached hydrogen (secondary N) is 1. The monoisotopic (exact) mass is 245 g/mol. The van der Waals surface area contributed by atoms with Gasteiger partial charge < -0.3 is 11.1 Å². The second-order valence-electron chi connectivity index (χ2n) is 3.36. The molecule has 0 saturated heterocycles. The summed E-state index contributed by atoms with van der Waals surface area (Å²) in [7, 11) is 0. The third-order valence-electron chi connectivity index (χ3n) is 1.59. The zero-order chi connectivity index (χ0) is 11.4. The van der Waals surface area contributed by atoms with Crippen LogP contribution in [-0.4, -0.2) is 12.0 Å². The van der Waals surface area contributed by atoms with Crippen molar-refractivity contribution in [2.24, 2.45) is 10.7 Å². The van der Waals surface area contributed by atoms with Gasteiger partial charge in [-0.2, -0.15) is 0 Å². The van der Waals surface area contributed by atoms with Gasteiger partial charge >= 0.3 is 0 Å². The third kappa shape index (κ3) is 3.98. The maximum absolute atomic E-state index is 5.95. The smallest absolute Gasteiger partial charge is 0.193 e. The van der Waals surface area contributed by atoms with Crippen molar-refractivity contribution in [3.05, 3.63) is 28.2 Å². The van der Waals surface area contributed by atoms with Gasteiger partial charge in [0.05, 0.1) is 10.7 Å². The van der Waals surface area contributed by atoms with Gasteiger partial charge in [-0.15, -0.1) is 0 Å². The lowest BCUT2D eigenvalue weighted by Gasteiger charge is -2.08. The molecular formula is C10H13Cl2N3. The molecule has 0 unspecified atom stereocenters. The molecule has 0 bridgehead atoms. The van der Waals surface area contributed by atoms with E-state index in [2.05, 4.69) is 10.3 Å². The maximum Gasteiger partial charge on any atom is 0.193 e. The first-order valence-electron chi connectivity index (χ1n) is 4.54. The predicted molar refractivity (Wildman–Crippen MR) is 66.8 cm³/mol. The number of rotatable bonds is 2. The Morgan fingerprint density at radius 1 is 1.40 bits per heavy atom. The molecule has 0 aromatic heterocycles. The normalized spacial score (nSPS) is 11.9. The van der Waals surface area contributed by atoms with Gasteiger partial charge in [-0.3, -0.25) is 4.99 Å². The van der Waals surface area contributed by atoms with Crippen LogP contribution in [-0.2, 0) is 0 Å². The number of guanidine groups is 1. The lowest BCUT2D eigenvalue weighted by atomic mass is 10.3. The first-order valence-corrected chi connectivity index (χ1v) is 5.30. The second-order valence-corrected chi connectivity index (χ2v) is 4.20. The summed E-state index contributed by atoms with van der Waals surface area (Å²) in [6.07, 6.45) is 0. The molecule has 0 spiro atoms. The summed E-state index contributed by atoms with van der Waals surface area (Å²) in [5, 5.41) is 4.01. The van der Waals surface area contributed by atoms with Crippen LogP contribution < -0.4 is 11.1 Å². The average molecular weight is 246 g/mol. The second kappa shape index (κ2) is 5.24. The molecule has 1 aromatic rings. The van der Waals surface area contributed by atoms with Crippen molar-refractivity contribution in [1.82, 2.24) is 0 Å². The van der Waals surface area contributed by atoms with Crippen LogP contribution in [0.4, 0.5) is 5.69 Å². The third-order valence-corrected chi connectivity index (χ3v) is 2.14. The lowest BCUT2D eigenvalue weighted by Crippen LogP contribution is -2.24. The van der Waals surface area contributed by atoms with Crippen molar-refractivity contribution in [1.29, 1.82) is 0 Å². The highest BCUT2D eigenvalue weighted by molar-refractivity contribution is 6.36. The summed E-state index contributed by atoms with van der Waals surface area (Å²) in [4.78, 5) is 4.13. The fourth-order valence-electron chi connectivity index (χ4n) is 1.04. The van der Waals surface area contributed by atoms with Gasteiger partial charge in [0.25, 0.3) is 0 Å². The number of halogens is 2. The minimum absolute atomic E-state index is 0.142. The summed E-state index contributed by atoms with van der Waals surface area (Å²) < 4.78 is 0. The Morgan fingerprint density at radius 2 is 2.07 bits per heavy atom. The van der Waals surface area contributed by atoms with E-state index in [4.69, 9.17) is 28.9 Å². The van der Waals surface area contributed by atoms with Gasteiger partial charge in [0.2, 0.25) is 0 Å². The summed E-state index contributed by atoms with van der Waals surface area (Å²) in [6.45, 7) is 3.88. The Balaban J connectivity index is 2.81. The van der Waals surface area contributed by atoms with E-state index in [-0.39, 0.29) is 6.04 Å². The minimum Gasteiger partial charge on any atom is -0.370 e. The molecule has 82 valence electrons. The zero-order valence-corrected chi connectivity index (χ0v) is 10.1. The van der Waals surface area contributed by atoms with Crippen molar-refractivity contribution in [2.75, 3.05) is 5.32 Å². The minimum atomic E-state index is 0.142. The van der Waals surface area contributed by atoms with Gasteiger partial charge in [0.15, 0.2) is 5.96 Å². The molecule has 1 aromatic carbocycles. The van der Waals surface area contributed by atoms with Crippen molar-refractivity contribution < 1.29 is 0 Å².